The van der Waals surface area contributed by atoms with Gasteiger partial charge in [-0.25, -0.2) is 4.39 Å². The average Bonchev–Trinajstić information content (AvgIpc) is 2.81. The van der Waals surface area contributed by atoms with Crippen molar-refractivity contribution in [1.82, 2.24) is 10.6 Å². The lowest BCUT2D eigenvalue weighted by Crippen LogP contribution is -2.46. The van der Waals surface area contributed by atoms with Crippen LogP contribution >= 0.6 is 0 Å². The summed E-state index contributed by atoms with van der Waals surface area (Å²) < 4.78 is 13.0. The maximum absolute atomic E-state index is 13.0. The molecule has 0 aliphatic heterocycles. The van der Waals surface area contributed by atoms with Gasteiger partial charge in [-0.2, -0.15) is 0 Å². The van der Waals surface area contributed by atoms with Gasteiger partial charge in [0.15, 0.2) is 0 Å². The lowest BCUT2D eigenvalue weighted by atomic mass is 10.0. The molecule has 3 aromatic carbocycles. The summed E-state index contributed by atoms with van der Waals surface area (Å²) in [5, 5.41) is 14.3. The Bertz CT molecular complexity index is 1070. The molecule has 164 valence electrons. The van der Waals surface area contributed by atoms with Gasteiger partial charge in [0.2, 0.25) is 5.91 Å². The van der Waals surface area contributed by atoms with Crippen LogP contribution in [0.3, 0.4) is 0 Å². The van der Waals surface area contributed by atoms with Crippen LogP contribution in [-0.2, 0) is 16.1 Å². The van der Waals surface area contributed by atoms with Gasteiger partial charge in [0.1, 0.15) is 11.9 Å². The molecule has 3 rings (SSSR count). The average molecular weight is 434 g/mol. The zero-order valence-electron chi connectivity index (χ0n) is 17.3. The highest BCUT2D eigenvalue weighted by Crippen LogP contribution is 2.19. The van der Waals surface area contributed by atoms with E-state index in [1.807, 2.05) is 42.5 Å². The number of carboxylic acid groups (broad SMARTS) is 1. The minimum atomic E-state index is -1.07. The van der Waals surface area contributed by atoms with Gasteiger partial charge in [-0.3, -0.25) is 14.4 Å². The molecule has 0 aliphatic carbocycles. The Morgan fingerprint density at radius 3 is 2.09 bits per heavy atom. The Morgan fingerprint density at radius 1 is 0.844 bits per heavy atom. The summed E-state index contributed by atoms with van der Waals surface area (Å²) in [4.78, 5) is 36.3. The molecule has 0 fully saturated rings. The first-order valence-electron chi connectivity index (χ1n) is 10.1. The highest BCUT2D eigenvalue weighted by Gasteiger charge is 2.22. The molecule has 32 heavy (non-hydrogen) atoms. The summed E-state index contributed by atoms with van der Waals surface area (Å²) in [5.41, 5.74) is 3.00. The van der Waals surface area contributed by atoms with Crippen molar-refractivity contribution in [2.45, 2.75) is 25.4 Å². The van der Waals surface area contributed by atoms with Gasteiger partial charge in [0.05, 0.1) is 0 Å². The summed E-state index contributed by atoms with van der Waals surface area (Å²) in [7, 11) is 0. The number of amides is 2. The van der Waals surface area contributed by atoms with Crippen LogP contribution in [0.25, 0.3) is 11.1 Å². The van der Waals surface area contributed by atoms with E-state index in [1.54, 1.807) is 12.1 Å². The normalized spacial score (nSPS) is 11.4. The maximum Gasteiger partial charge on any atom is 0.303 e. The van der Waals surface area contributed by atoms with Crippen LogP contribution in [0.5, 0.6) is 0 Å². The van der Waals surface area contributed by atoms with E-state index in [9.17, 15) is 18.8 Å². The zero-order chi connectivity index (χ0) is 22.9. The highest BCUT2D eigenvalue weighted by molar-refractivity contribution is 5.98. The zero-order valence-corrected chi connectivity index (χ0v) is 17.3. The second kappa shape index (κ2) is 10.9. The molecule has 0 bridgehead atoms. The van der Waals surface area contributed by atoms with Crippen molar-refractivity contribution >= 4 is 17.8 Å². The van der Waals surface area contributed by atoms with Gasteiger partial charge in [-0.1, -0.05) is 54.6 Å². The molecule has 0 aromatic heterocycles. The van der Waals surface area contributed by atoms with Crippen molar-refractivity contribution in [3.63, 3.8) is 0 Å². The topological polar surface area (TPSA) is 95.5 Å². The van der Waals surface area contributed by atoms with Crippen molar-refractivity contribution in [2.75, 3.05) is 0 Å². The summed E-state index contributed by atoms with van der Waals surface area (Å²) in [6.07, 6.45) is -0.333. The van der Waals surface area contributed by atoms with Gasteiger partial charge in [-0.05, 0) is 47.4 Å². The van der Waals surface area contributed by atoms with E-state index < -0.39 is 23.8 Å². The summed E-state index contributed by atoms with van der Waals surface area (Å²) in [5.74, 6) is -2.44. The molecule has 0 radical (unpaired) electrons. The summed E-state index contributed by atoms with van der Waals surface area (Å²) in [6, 6.07) is 21.2. The van der Waals surface area contributed by atoms with Crippen molar-refractivity contribution in [1.29, 1.82) is 0 Å². The Morgan fingerprint density at radius 2 is 1.47 bits per heavy atom. The number of aliphatic carboxylic acids is 1. The summed E-state index contributed by atoms with van der Waals surface area (Å²) in [6.45, 7) is 0.129. The smallest absolute Gasteiger partial charge is 0.303 e. The van der Waals surface area contributed by atoms with Crippen molar-refractivity contribution in [2.24, 2.45) is 0 Å². The second-order valence-electron chi connectivity index (χ2n) is 7.25. The number of carbonyl (C=O) groups is 3. The van der Waals surface area contributed by atoms with E-state index in [-0.39, 0.29) is 25.2 Å². The van der Waals surface area contributed by atoms with Gasteiger partial charge in [-0.15, -0.1) is 0 Å². The molecule has 0 unspecified atom stereocenters. The molecular weight excluding hydrogens is 411 g/mol. The minimum Gasteiger partial charge on any atom is -0.481 e. The van der Waals surface area contributed by atoms with E-state index >= 15 is 0 Å². The largest absolute Gasteiger partial charge is 0.481 e. The molecule has 0 saturated heterocycles. The standard InChI is InChI=1S/C25H23FN2O4/c26-21-12-6-17(7-13-21)16-27-25(32)22(14-15-23(29)30)28-24(31)20-10-8-19(9-11-20)18-4-2-1-3-5-18/h1-13,22H,14-16H2,(H,27,32)(H,28,31)(H,29,30)/t22-/m0/s1. The number of carboxylic acids is 1. The molecule has 6 nitrogen and oxygen atoms in total. The minimum absolute atomic E-state index is 0.0571. The predicted molar refractivity (Wildman–Crippen MR) is 118 cm³/mol. The second-order valence-corrected chi connectivity index (χ2v) is 7.25. The molecular formula is C25H23FN2O4. The van der Waals surface area contributed by atoms with Gasteiger partial charge in [0.25, 0.3) is 5.91 Å². The molecule has 7 heteroatoms. The summed E-state index contributed by atoms with van der Waals surface area (Å²) >= 11 is 0. The predicted octanol–water partition coefficient (Wildman–Crippen LogP) is 3.77. The number of nitrogens with one attached hydrogen (secondary N) is 2. The van der Waals surface area contributed by atoms with E-state index in [2.05, 4.69) is 10.6 Å². The number of halogens is 1. The van der Waals surface area contributed by atoms with E-state index in [0.717, 1.165) is 11.1 Å². The van der Waals surface area contributed by atoms with Crippen LogP contribution in [0.1, 0.15) is 28.8 Å². The fourth-order valence-corrected chi connectivity index (χ4v) is 3.14. The lowest BCUT2D eigenvalue weighted by Gasteiger charge is -2.18. The van der Waals surface area contributed by atoms with E-state index in [1.165, 1.54) is 24.3 Å². The third-order valence-corrected chi connectivity index (χ3v) is 4.90. The molecule has 3 aromatic rings. The van der Waals surface area contributed by atoms with Crippen molar-refractivity contribution < 1.29 is 23.9 Å². The molecule has 3 N–H and O–H groups in total. The van der Waals surface area contributed by atoms with Crippen LogP contribution in [0.2, 0.25) is 0 Å². The van der Waals surface area contributed by atoms with Gasteiger partial charge < -0.3 is 15.7 Å². The van der Waals surface area contributed by atoms with Crippen LogP contribution < -0.4 is 10.6 Å². The molecule has 2 amide bonds. The van der Waals surface area contributed by atoms with E-state index in [4.69, 9.17) is 5.11 Å². The van der Waals surface area contributed by atoms with Gasteiger partial charge in [0, 0.05) is 18.5 Å². The Labute approximate surface area is 185 Å². The molecule has 0 spiro atoms. The first-order valence-corrected chi connectivity index (χ1v) is 10.1. The van der Waals surface area contributed by atoms with Crippen LogP contribution in [0.4, 0.5) is 4.39 Å². The van der Waals surface area contributed by atoms with Crippen molar-refractivity contribution in [3.8, 4) is 11.1 Å². The number of hydrogen-bond acceptors (Lipinski definition) is 3. The first kappa shape index (κ1) is 22.7. The van der Waals surface area contributed by atoms with E-state index in [0.29, 0.717) is 11.1 Å². The third-order valence-electron chi connectivity index (χ3n) is 4.90. The quantitative estimate of drug-likeness (QED) is 0.478. The highest BCUT2D eigenvalue weighted by atomic mass is 19.1. The lowest BCUT2D eigenvalue weighted by molar-refractivity contribution is -0.137. The van der Waals surface area contributed by atoms with Crippen LogP contribution in [-0.4, -0.2) is 28.9 Å². The fraction of sp³-hybridized carbons (Fsp3) is 0.160. The molecule has 0 heterocycles. The maximum atomic E-state index is 13.0. The van der Waals surface area contributed by atoms with Crippen molar-refractivity contribution in [3.05, 3.63) is 95.8 Å². The Hall–Kier alpha value is -4.00. The molecule has 0 saturated carbocycles. The molecule has 1 atom stereocenters. The van der Waals surface area contributed by atoms with Crippen LogP contribution in [0.15, 0.2) is 78.9 Å². The Balaban J connectivity index is 1.65. The Kier molecular flexibility index (Phi) is 7.70. The monoisotopic (exact) mass is 434 g/mol. The number of carbonyl (C=O) groups excluding carboxylic acids is 2. The fourth-order valence-electron chi connectivity index (χ4n) is 3.14. The number of benzene rings is 3. The third kappa shape index (κ3) is 6.50. The molecule has 0 aliphatic rings. The van der Waals surface area contributed by atoms with Gasteiger partial charge >= 0.3 is 5.97 Å². The number of rotatable bonds is 9. The first-order chi connectivity index (χ1) is 15.4. The SMILES string of the molecule is O=C(O)CC[C@H](NC(=O)c1ccc(-c2ccccc2)cc1)C(=O)NCc1ccc(F)cc1. The number of hydrogen-bond donors (Lipinski definition) is 3. The van der Waals surface area contributed by atoms with Crippen LogP contribution in [0, 0.1) is 5.82 Å².